The first-order valence-electron chi connectivity index (χ1n) is 6.55. The number of carboxylic acids is 1. The predicted octanol–water partition coefficient (Wildman–Crippen LogP) is 1.56. The normalized spacial score (nSPS) is 17.5. The fourth-order valence-electron chi connectivity index (χ4n) is 2.20. The summed E-state index contributed by atoms with van der Waals surface area (Å²) in [6.07, 6.45) is 0.666. The fraction of sp³-hybridized carbons (Fsp3) is 0.500. The number of carbonyl (C=O) groups excluding carboxylic acids is 1. The number of carbonyl (C=O) groups is 2. The van der Waals surface area contributed by atoms with Gasteiger partial charge in [0.05, 0.1) is 24.4 Å². The molecule has 1 aliphatic heterocycles. The number of aliphatic hydroxyl groups is 1. The maximum Gasteiger partial charge on any atom is 0.411 e. The van der Waals surface area contributed by atoms with Gasteiger partial charge in [0.15, 0.2) is 0 Å². The fourth-order valence-corrected chi connectivity index (χ4v) is 2.20. The zero-order valence-electron chi connectivity index (χ0n) is 12.2. The van der Waals surface area contributed by atoms with E-state index in [0.717, 1.165) is 0 Å². The molecule has 7 heteroatoms. The molecular formula is C14H18N2O5. The number of hydrogen-bond donors (Lipinski definition) is 2. The highest BCUT2D eigenvalue weighted by atomic mass is 16.6. The number of pyridine rings is 1. The number of ether oxygens (including phenoxy) is 1. The van der Waals surface area contributed by atoms with Crippen molar-refractivity contribution in [2.24, 2.45) is 0 Å². The van der Waals surface area contributed by atoms with Crippen LogP contribution in [-0.2, 0) is 11.3 Å². The predicted molar refractivity (Wildman–Crippen MR) is 72.8 cm³/mol. The minimum Gasteiger partial charge on any atom is -0.478 e. The highest BCUT2D eigenvalue weighted by Gasteiger charge is 2.37. The molecule has 0 saturated carbocycles. The Labute approximate surface area is 122 Å². The number of carboxylic acid groups (broad SMARTS) is 1. The summed E-state index contributed by atoms with van der Waals surface area (Å²) in [6.45, 7) is 5.13. The van der Waals surface area contributed by atoms with Crippen LogP contribution in [0.25, 0.3) is 0 Å². The first-order valence-corrected chi connectivity index (χ1v) is 6.55. The highest BCUT2D eigenvalue weighted by Crippen LogP contribution is 2.33. The molecule has 0 bridgehead atoms. The lowest BCUT2D eigenvalue weighted by Crippen LogP contribution is -2.36. The smallest absolute Gasteiger partial charge is 0.411 e. The van der Waals surface area contributed by atoms with Crippen molar-refractivity contribution >= 4 is 12.1 Å². The summed E-state index contributed by atoms with van der Waals surface area (Å²) < 4.78 is 5.29. The Hall–Kier alpha value is -2.15. The molecule has 1 amide bonds. The summed E-state index contributed by atoms with van der Waals surface area (Å²) in [6, 6.07) is 0.857. The summed E-state index contributed by atoms with van der Waals surface area (Å²) in [5.41, 5.74) is 0.524. The van der Waals surface area contributed by atoms with Crippen molar-refractivity contribution in [2.75, 3.05) is 6.61 Å². The Morgan fingerprint density at radius 1 is 1.48 bits per heavy atom. The molecule has 0 unspecified atom stereocenters. The molecule has 0 saturated heterocycles. The summed E-state index contributed by atoms with van der Waals surface area (Å²) in [5.74, 6) is -1.08. The average Bonchev–Trinajstić information content (AvgIpc) is 2.74. The van der Waals surface area contributed by atoms with Gasteiger partial charge < -0.3 is 14.9 Å². The maximum atomic E-state index is 12.2. The van der Waals surface area contributed by atoms with Gasteiger partial charge in [-0.25, -0.2) is 9.59 Å². The van der Waals surface area contributed by atoms with E-state index in [-0.39, 0.29) is 18.7 Å². The van der Waals surface area contributed by atoms with E-state index in [1.807, 2.05) is 0 Å². The Morgan fingerprint density at radius 2 is 2.14 bits per heavy atom. The number of amides is 1. The van der Waals surface area contributed by atoms with Crippen LogP contribution >= 0.6 is 0 Å². The zero-order valence-corrected chi connectivity index (χ0v) is 12.2. The summed E-state index contributed by atoms with van der Waals surface area (Å²) in [5, 5.41) is 18.5. The molecule has 1 aromatic rings. The minimum absolute atomic E-state index is 0.0523. The van der Waals surface area contributed by atoms with Gasteiger partial charge in [-0.05, 0) is 32.4 Å². The van der Waals surface area contributed by atoms with Crippen molar-refractivity contribution < 1.29 is 24.5 Å². The Balaban J connectivity index is 2.28. The molecule has 0 aromatic carbocycles. The number of rotatable bonds is 2. The number of aromatic carboxylic acids is 1. The van der Waals surface area contributed by atoms with Crippen molar-refractivity contribution in [3.63, 3.8) is 0 Å². The van der Waals surface area contributed by atoms with Crippen LogP contribution in [0.5, 0.6) is 0 Å². The van der Waals surface area contributed by atoms with Crippen LogP contribution in [0.1, 0.15) is 48.4 Å². The van der Waals surface area contributed by atoms with Crippen molar-refractivity contribution in [3.8, 4) is 0 Å². The van der Waals surface area contributed by atoms with E-state index < -0.39 is 23.7 Å². The van der Waals surface area contributed by atoms with Crippen LogP contribution in [-0.4, -0.2) is 44.4 Å². The average molecular weight is 294 g/mol. The van der Waals surface area contributed by atoms with E-state index >= 15 is 0 Å². The van der Waals surface area contributed by atoms with Crippen molar-refractivity contribution in [3.05, 3.63) is 29.1 Å². The molecular weight excluding hydrogens is 276 g/mol. The third-order valence-corrected chi connectivity index (χ3v) is 3.08. The van der Waals surface area contributed by atoms with Crippen LogP contribution in [0.4, 0.5) is 4.79 Å². The second-order valence-electron chi connectivity index (χ2n) is 5.88. The third-order valence-electron chi connectivity index (χ3n) is 3.08. The van der Waals surface area contributed by atoms with Crippen LogP contribution < -0.4 is 0 Å². The van der Waals surface area contributed by atoms with Gasteiger partial charge >= 0.3 is 12.1 Å². The van der Waals surface area contributed by atoms with E-state index in [0.29, 0.717) is 11.3 Å². The zero-order chi connectivity index (χ0) is 15.8. The number of aromatic nitrogens is 1. The number of fused-ring (bicyclic) bond motifs is 1. The quantitative estimate of drug-likeness (QED) is 0.858. The van der Waals surface area contributed by atoms with E-state index in [9.17, 15) is 14.7 Å². The van der Waals surface area contributed by atoms with Gasteiger partial charge in [0, 0.05) is 6.20 Å². The Bertz CT molecular complexity index is 579. The molecule has 1 aliphatic rings. The molecule has 2 rings (SSSR count). The number of nitrogens with zero attached hydrogens (tertiary/aromatic N) is 2. The van der Waals surface area contributed by atoms with Gasteiger partial charge in [-0.3, -0.25) is 9.88 Å². The molecule has 21 heavy (non-hydrogen) atoms. The first-order chi connectivity index (χ1) is 9.73. The van der Waals surface area contributed by atoms with Gasteiger partial charge in [-0.2, -0.15) is 0 Å². The van der Waals surface area contributed by atoms with Gasteiger partial charge in [-0.1, -0.05) is 0 Å². The lowest BCUT2D eigenvalue weighted by Gasteiger charge is -2.27. The number of hydrogen-bond acceptors (Lipinski definition) is 5. The maximum absolute atomic E-state index is 12.2. The van der Waals surface area contributed by atoms with E-state index in [4.69, 9.17) is 9.84 Å². The Morgan fingerprint density at radius 3 is 2.67 bits per heavy atom. The van der Waals surface area contributed by atoms with E-state index in [2.05, 4.69) is 4.98 Å². The Kier molecular flexibility index (Phi) is 3.87. The molecule has 0 radical (unpaired) electrons. The summed E-state index contributed by atoms with van der Waals surface area (Å²) in [4.78, 5) is 28.6. The minimum atomic E-state index is -1.08. The molecule has 0 fully saturated rings. The molecule has 1 aromatic heterocycles. The van der Waals surface area contributed by atoms with Crippen molar-refractivity contribution in [1.29, 1.82) is 0 Å². The topological polar surface area (TPSA) is 100.0 Å². The standard InChI is InChI=1S/C14H18N2O5/c1-14(2,3)21-13(20)16-6-9-4-8(12(18)19)5-15-11(9)10(16)7-17/h4-5,10,17H,6-7H2,1-3H3,(H,18,19)/t10-/m0/s1. The monoisotopic (exact) mass is 294 g/mol. The molecule has 2 heterocycles. The van der Waals surface area contributed by atoms with Gasteiger partial charge in [0.25, 0.3) is 0 Å². The highest BCUT2D eigenvalue weighted by molar-refractivity contribution is 5.87. The first kappa shape index (κ1) is 15.2. The molecule has 2 N–H and O–H groups in total. The molecule has 1 atom stereocenters. The summed E-state index contributed by atoms with van der Waals surface area (Å²) in [7, 11) is 0. The van der Waals surface area contributed by atoms with Gasteiger partial charge in [0.1, 0.15) is 11.6 Å². The molecule has 114 valence electrons. The van der Waals surface area contributed by atoms with E-state index in [1.165, 1.54) is 17.2 Å². The van der Waals surface area contributed by atoms with Crippen LogP contribution in [0.15, 0.2) is 12.3 Å². The van der Waals surface area contributed by atoms with Gasteiger partial charge in [-0.15, -0.1) is 0 Å². The van der Waals surface area contributed by atoms with Crippen LogP contribution in [0.2, 0.25) is 0 Å². The molecule has 0 aliphatic carbocycles. The lowest BCUT2D eigenvalue weighted by atomic mass is 10.1. The van der Waals surface area contributed by atoms with Crippen molar-refractivity contribution in [1.82, 2.24) is 9.88 Å². The second-order valence-corrected chi connectivity index (χ2v) is 5.88. The molecule has 7 nitrogen and oxygen atoms in total. The SMILES string of the molecule is CC(C)(C)OC(=O)N1Cc2cc(C(=O)O)cnc2[C@@H]1CO. The van der Waals surface area contributed by atoms with Gasteiger partial charge in [0.2, 0.25) is 0 Å². The van der Waals surface area contributed by atoms with Crippen molar-refractivity contribution in [2.45, 2.75) is 39.0 Å². The molecule has 0 spiro atoms. The second kappa shape index (κ2) is 5.33. The summed E-state index contributed by atoms with van der Waals surface area (Å²) >= 11 is 0. The largest absolute Gasteiger partial charge is 0.478 e. The van der Waals surface area contributed by atoms with Crippen LogP contribution in [0, 0.1) is 0 Å². The number of aliphatic hydroxyl groups excluding tert-OH is 1. The van der Waals surface area contributed by atoms with Crippen LogP contribution in [0.3, 0.4) is 0 Å². The lowest BCUT2D eigenvalue weighted by molar-refractivity contribution is 0.0107. The third kappa shape index (κ3) is 3.13. The van der Waals surface area contributed by atoms with E-state index in [1.54, 1.807) is 20.8 Å².